The molecule has 1 fully saturated rings. The second-order valence-corrected chi connectivity index (χ2v) is 5.80. The van der Waals surface area contributed by atoms with Crippen LogP contribution in [-0.4, -0.2) is 37.7 Å². The van der Waals surface area contributed by atoms with Crippen molar-refractivity contribution in [1.82, 2.24) is 4.90 Å². The van der Waals surface area contributed by atoms with Gasteiger partial charge in [-0.1, -0.05) is 0 Å². The van der Waals surface area contributed by atoms with E-state index in [0.29, 0.717) is 0 Å². The highest BCUT2D eigenvalue weighted by Gasteiger charge is 2.23. The first kappa shape index (κ1) is 10.8. The minimum Gasteiger partial charge on any atom is -0.379 e. The smallest absolute Gasteiger partial charge is 0.0594 e. The van der Waals surface area contributed by atoms with Gasteiger partial charge in [0.2, 0.25) is 0 Å². The molecule has 2 nitrogen and oxygen atoms in total. The predicted molar refractivity (Wildman–Crippen MR) is 67.3 cm³/mol. The molecule has 2 aliphatic rings. The molecule has 3 heteroatoms. The van der Waals surface area contributed by atoms with E-state index in [2.05, 4.69) is 16.3 Å². The van der Waals surface area contributed by atoms with Crippen LogP contribution >= 0.6 is 11.3 Å². The van der Waals surface area contributed by atoms with Crippen molar-refractivity contribution in [2.75, 3.05) is 32.8 Å². The summed E-state index contributed by atoms with van der Waals surface area (Å²) in [5.41, 5.74) is 1.64. The second kappa shape index (κ2) is 4.86. The van der Waals surface area contributed by atoms with E-state index in [4.69, 9.17) is 4.74 Å². The molecule has 0 saturated carbocycles. The molecule has 0 spiro atoms. The molecule has 1 unspecified atom stereocenters. The highest BCUT2D eigenvalue weighted by Crippen LogP contribution is 2.35. The second-order valence-electron chi connectivity index (χ2n) is 4.80. The Labute approximate surface area is 101 Å². The van der Waals surface area contributed by atoms with Gasteiger partial charge in [-0.25, -0.2) is 0 Å². The van der Waals surface area contributed by atoms with Crippen LogP contribution in [0.2, 0.25) is 0 Å². The summed E-state index contributed by atoms with van der Waals surface area (Å²) < 4.78 is 5.40. The zero-order chi connectivity index (χ0) is 10.8. The fourth-order valence-corrected chi connectivity index (χ4v) is 3.88. The van der Waals surface area contributed by atoms with Crippen LogP contribution in [0.15, 0.2) is 11.4 Å². The van der Waals surface area contributed by atoms with Crippen LogP contribution in [0.4, 0.5) is 0 Å². The van der Waals surface area contributed by atoms with Crippen molar-refractivity contribution in [1.29, 1.82) is 0 Å². The van der Waals surface area contributed by atoms with Crippen molar-refractivity contribution >= 4 is 11.3 Å². The molecule has 88 valence electrons. The summed E-state index contributed by atoms with van der Waals surface area (Å²) in [6.07, 6.45) is 4.07. The Morgan fingerprint density at radius 2 is 2.25 bits per heavy atom. The van der Waals surface area contributed by atoms with Gasteiger partial charge in [-0.15, -0.1) is 11.3 Å². The number of aryl methyl sites for hydroxylation is 1. The van der Waals surface area contributed by atoms with Gasteiger partial charge >= 0.3 is 0 Å². The van der Waals surface area contributed by atoms with Crippen LogP contribution in [0, 0.1) is 0 Å². The van der Waals surface area contributed by atoms with Crippen molar-refractivity contribution in [2.24, 2.45) is 0 Å². The highest BCUT2D eigenvalue weighted by molar-refractivity contribution is 7.10. The van der Waals surface area contributed by atoms with Crippen molar-refractivity contribution in [3.05, 3.63) is 21.9 Å². The first-order valence-corrected chi connectivity index (χ1v) is 7.18. The fourth-order valence-electron chi connectivity index (χ4n) is 2.87. The molecule has 1 aliphatic heterocycles. The van der Waals surface area contributed by atoms with Crippen molar-refractivity contribution in [3.8, 4) is 0 Å². The highest BCUT2D eigenvalue weighted by atomic mass is 32.1. The van der Waals surface area contributed by atoms with Gasteiger partial charge < -0.3 is 4.74 Å². The van der Waals surface area contributed by atoms with E-state index in [1.54, 1.807) is 10.4 Å². The Kier molecular flexibility index (Phi) is 3.27. The predicted octanol–water partition coefficient (Wildman–Crippen LogP) is 2.50. The number of hydrogen-bond donors (Lipinski definition) is 0. The molecule has 1 atom stereocenters. The summed E-state index contributed by atoms with van der Waals surface area (Å²) >= 11 is 1.95. The number of ether oxygens (including phenoxy) is 1. The lowest BCUT2D eigenvalue weighted by atomic mass is 9.87. The first-order chi connectivity index (χ1) is 7.93. The average molecular weight is 237 g/mol. The quantitative estimate of drug-likeness (QED) is 0.783. The SMILES string of the molecule is c1cc2c(s1)CCCC2CN1CCOCC1. The van der Waals surface area contributed by atoms with Crippen LogP contribution in [0.3, 0.4) is 0 Å². The summed E-state index contributed by atoms with van der Waals surface area (Å²) in [5, 5.41) is 2.27. The van der Waals surface area contributed by atoms with Gasteiger partial charge in [0.05, 0.1) is 13.2 Å². The van der Waals surface area contributed by atoms with Gasteiger partial charge in [-0.3, -0.25) is 4.90 Å². The Bertz CT molecular complexity index is 343. The molecular formula is C13H19NOS. The molecule has 0 amide bonds. The lowest BCUT2D eigenvalue weighted by molar-refractivity contribution is 0.0343. The molecule has 16 heavy (non-hydrogen) atoms. The van der Waals surface area contributed by atoms with E-state index in [0.717, 1.165) is 32.2 Å². The van der Waals surface area contributed by atoms with Gasteiger partial charge in [-0.2, -0.15) is 0 Å². The van der Waals surface area contributed by atoms with E-state index in [-0.39, 0.29) is 0 Å². The van der Waals surface area contributed by atoms with E-state index in [9.17, 15) is 0 Å². The topological polar surface area (TPSA) is 12.5 Å². The van der Waals surface area contributed by atoms with Crippen LogP contribution in [0.25, 0.3) is 0 Å². The average Bonchev–Trinajstić information content (AvgIpc) is 2.80. The molecule has 3 rings (SSSR count). The number of fused-ring (bicyclic) bond motifs is 1. The number of nitrogens with zero attached hydrogens (tertiary/aromatic N) is 1. The van der Waals surface area contributed by atoms with Crippen LogP contribution in [0.5, 0.6) is 0 Å². The van der Waals surface area contributed by atoms with Gasteiger partial charge in [0, 0.05) is 24.5 Å². The summed E-state index contributed by atoms with van der Waals surface area (Å²) in [5.74, 6) is 0.785. The Morgan fingerprint density at radius 3 is 3.12 bits per heavy atom. The zero-order valence-corrected chi connectivity index (χ0v) is 10.5. The summed E-state index contributed by atoms with van der Waals surface area (Å²) in [4.78, 5) is 4.21. The van der Waals surface area contributed by atoms with Crippen LogP contribution in [-0.2, 0) is 11.2 Å². The maximum Gasteiger partial charge on any atom is 0.0594 e. The van der Waals surface area contributed by atoms with E-state index < -0.39 is 0 Å². The minimum absolute atomic E-state index is 0.785. The molecule has 1 saturated heterocycles. The normalized spacial score (nSPS) is 26.6. The largest absolute Gasteiger partial charge is 0.379 e. The third kappa shape index (κ3) is 2.17. The lowest BCUT2D eigenvalue weighted by Crippen LogP contribution is -2.39. The third-order valence-corrected chi connectivity index (χ3v) is 4.75. The van der Waals surface area contributed by atoms with Gasteiger partial charge in [-0.05, 0) is 42.2 Å². The van der Waals surface area contributed by atoms with Crippen molar-refractivity contribution in [2.45, 2.75) is 25.2 Å². The summed E-state index contributed by atoms with van der Waals surface area (Å²) in [7, 11) is 0. The van der Waals surface area contributed by atoms with E-state index >= 15 is 0 Å². The summed E-state index contributed by atoms with van der Waals surface area (Å²) in [6.45, 7) is 5.32. The number of thiophene rings is 1. The van der Waals surface area contributed by atoms with E-state index in [1.807, 2.05) is 11.3 Å². The molecule has 2 heterocycles. The van der Waals surface area contributed by atoms with E-state index in [1.165, 1.54) is 25.8 Å². The van der Waals surface area contributed by atoms with Crippen molar-refractivity contribution < 1.29 is 4.74 Å². The standard InChI is InChI=1S/C13H19NOS/c1-2-11(10-14-5-7-15-8-6-14)12-4-9-16-13(12)3-1/h4,9,11H,1-3,5-8,10H2. The van der Waals surface area contributed by atoms with Gasteiger partial charge in [0.25, 0.3) is 0 Å². The van der Waals surface area contributed by atoms with Gasteiger partial charge in [0.15, 0.2) is 0 Å². The fraction of sp³-hybridized carbons (Fsp3) is 0.692. The Balaban J connectivity index is 1.67. The van der Waals surface area contributed by atoms with Crippen LogP contribution < -0.4 is 0 Å². The molecule has 0 bridgehead atoms. The molecule has 1 aliphatic carbocycles. The third-order valence-electron chi connectivity index (χ3n) is 3.76. The maximum absolute atomic E-state index is 5.40. The molecule has 0 N–H and O–H groups in total. The molecule has 1 aromatic rings. The minimum atomic E-state index is 0.785. The zero-order valence-electron chi connectivity index (χ0n) is 9.65. The van der Waals surface area contributed by atoms with Crippen LogP contribution in [0.1, 0.15) is 29.2 Å². The molecular weight excluding hydrogens is 218 g/mol. The number of morpholine rings is 1. The molecule has 0 radical (unpaired) electrons. The first-order valence-electron chi connectivity index (χ1n) is 6.30. The number of rotatable bonds is 2. The van der Waals surface area contributed by atoms with Crippen molar-refractivity contribution in [3.63, 3.8) is 0 Å². The molecule has 0 aromatic carbocycles. The lowest BCUT2D eigenvalue weighted by Gasteiger charge is -2.32. The molecule has 1 aromatic heterocycles. The monoisotopic (exact) mass is 237 g/mol. The summed E-state index contributed by atoms with van der Waals surface area (Å²) in [6, 6.07) is 2.35. The number of hydrogen-bond acceptors (Lipinski definition) is 3. The maximum atomic E-state index is 5.40. The Morgan fingerprint density at radius 1 is 1.38 bits per heavy atom. The van der Waals surface area contributed by atoms with Gasteiger partial charge in [0.1, 0.15) is 0 Å². The Hall–Kier alpha value is -0.380.